The molecule has 2 atom stereocenters. The summed E-state index contributed by atoms with van der Waals surface area (Å²) in [6.07, 6.45) is 3.79. The first-order valence-electron chi connectivity index (χ1n) is 5.22. The van der Waals surface area contributed by atoms with Crippen LogP contribution in [0.25, 0.3) is 0 Å². The molecule has 0 radical (unpaired) electrons. The van der Waals surface area contributed by atoms with Crippen LogP contribution < -0.4 is 5.73 Å². The Balaban J connectivity index is 2.25. The van der Waals surface area contributed by atoms with Crippen LogP contribution in [-0.2, 0) is 0 Å². The number of hydrogen-bond acceptors (Lipinski definition) is 3. The fourth-order valence-corrected chi connectivity index (χ4v) is 2.04. The summed E-state index contributed by atoms with van der Waals surface area (Å²) in [5.74, 6) is 0. The Bertz CT molecular complexity index is 147. The van der Waals surface area contributed by atoms with Crippen molar-refractivity contribution in [1.29, 1.82) is 0 Å². The van der Waals surface area contributed by atoms with Gasteiger partial charge < -0.3 is 15.5 Å². The lowest BCUT2D eigenvalue weighted by Crippen LogP contribution is -2.44. The topological polar surface area (TPSA) is 32.5 Å². The summed E-state index contributed by atoms with van der Waals surface area (Å²) in [6.45, 7) is 2.26. The van der Waals surface area contributed by atoms with Gasteiger partial charge in [0.1, 0.15) is 0 Å². The predicted octanol–water partition coefficient (Wildman–Crippen LogP) is 0.360. The highest BCUT2D eigenvalue weighted by molar-refractivity contribution is 4.86. The molecular formula is C10H23N3. The molecule has 1 rings (SSSR count). The summed E-state index contributed by atoms with van der Waals surface area (Å²) in [6, 6.07) is 1.03. The Morgan fingerprint density at radius 3 is 2.31 bits per heavy atom. The number of nitrogens with two attached hydrogens (primary N) is 1. The Hall–Kier alpha value is -0.120. The van der Waals surface area contributed by atoms with Gasteiger partial charge in [0.05, 0.1) is 0 Å². The molecule has 0 aromatic carbocycles. The SMILES string of the molecule is CN(C)CCN(C)C1CCCC1N. The van der Waals surface area contributed by atoms with Crippen LogP contribution in [0.2, 0.25) is 0 Å². The second-order valence-electron chi connectivity index (χ2n) is 4.45. The van der Waals surface area contributed by atoms with E-state index in [1.807, 2.05) is 0 Å². The largest absolute Gasteiger partial charge is 0.326 e. The van der Waals surface area contributed by atoms with Crippen LogP contribution in [0.4, 0.5) is 0 Å². The molecule has 3 nitrogen and oxygen atoms in total. The molecular weight excluding hydrogens is 162 g/mol. The second-order valence-corrected chi connectivity index (χ2v) is 4.45. The summed E-state index contributed by atoms with van der Waals surface area (Å²) in [5, 5.41) is 0. The molecule has 1 aliphatic rings. The van der Waals surface area contributed by atoms with E-state index in [0.717, 1.165) is 13.1 Å². The average Bonchev–Trinajstić information content (AvgIpc) is 2.47. The Labute approximate surface area is 81.9 Å². The summed E-state index contributed by atoms with van der Waals surface area (Å²) < 4.78 is 0. The first-order valence-corrected chi connectivity index (χ1v) is 5.22. The van der Waals surface area contributed by atoms with Crippen molar-refractivity contribution in [2.24, 2.45) is 5.73 Å². The molecule has 0 saturated heterocycles. The predicted molar refractivity (Wildman–Crippen MR) is 56.8 cm³/mol. The van der Waals surface area contributed by atoms with Crippen LogP contribution in [0.1, 0.15) is 19.3 Å². The molecule has 2 unspecified atom stereocenters. The van der Waals surface area contributed by atoms with Crippen LogP contribution >= 0.6 is 0 Å². The minimum absolute atomic E-state index is 0.409. The van der Waals surface area contributed by atoms with Gasteiger partial charge in [-0.25, -0.2) is 0 Å². The number of likely N-dealkylation sites (N-methyl/N-ethyl adjacent to an activating group) is 2. The van der Waals surface area contributed by atoms with Crippen molar-refractivity contribution in [3.63, 3.8) is 0 Å². The van der Waals surface area contributed by atoms with Crippen LogP contribution in [0.5, 0.6) is 0 Å². The highest BCUT2D eigenvalue weighted by Crippen LogP contribution is 2.21. The average molecular weight is 185 g/mol. The third-order valence-electron chi connectivity index (χ3n) is 3.00. The zero-order valence-electron chi connectivity index (χ0n) is 9.16. The van der Waals surface area contributed by atoms with E-state index < -0.39 is 0 Å². The minimum atomic E-state index is 0.409. The molecule has 3 heteroatoms. The lowest BCUT2D eigenvalue weighted by atomic mass is 10.1. The third-order valence-corrected chi connectivity index (χ3v) is 3.00. The zero-order valence-corrected chi connectivity index (χ0v) is 9.16. The molecule has 0 amide bonds. The number of rotatable bonds is 4. The maximum atomic E-state index is 6.03. The lowest BCUT2D eigenvalue weighted by Gasteiger charge is -2.28. The van der Waals surface area contributed by atoms with E-state index in [0.29, 0.717) is 12.1 Å². The highest BCUT2D eigenvalue weighted by Gasteiger charge is 2.26. The smallest absolute Gasteiger partial charge is 0.0244 e. The van der Waals surface area contributed by atoms with Crippen molar-refractivity contribution in [3.05, 3.63) is 0 Å². The van der Waals surface area contributed by atoms with Crippen LogP contribution in [-0.4, -0.2) is 56.1 Å². The molecule has 0 heterocycles. The van der Waals surface area contributed by atoms with Crippen LogP contribution in [0.15, 0.2) is 0 Å². The fourth-order valence-electron chi connectivity index (χ4n) is 2.04. The normalized spacial score (nSPS) is 29.1. The minimum Gasteiger partial charge on any atom is -0.326 e. The van der Waals surface area contributed by atoms with Crippen molar-refractivity contribution < 1.29 is 0 Å². The van der Waals surface area contributed by atoms with Gasteiger partial charge in [0.25, 0.3) is 0 Å². The highest BCUT2D eigenvalue weighted by atomic mass is 15.2. The van der Waals surface area contributed by atoms with Gasteiger partial charge in [-0.05, 0) is 34.0 Å². The van der Waals surface area contributed by atoms with E-state index in [9.17, 15) is 0 Å². The summed E-state index contributed by atoms with van der Waals surface area (Å²) in [5.41, 5.74) is 6.03. The van der Waals surface area contributed by atoms with Crippen molar-refractivity contribution in [2.75, 3.05) is 34.2 Å². The Morgan fingerprint density at radius 2 is 1.85 bits per heavy atom. The van der Waals surface area contributed by atoms with Gasteiger partial charge in [0, 0.05) is 25.2 Å². The van der Waals surface area contributed by atoms with E-state index in [1.165, 1.54) is 19.3 Å². The second kappa shape index (κ2) is 4.94. The summed E-state index contributed by atoms with van der Waals surface area (Å²) >= 11 is 0. The molecule has 1 saturated carbocycles. The molecule has 0 bridgehead atoms. The van der Waals surface area contributed by atoms with E-state index in [2.05, 4.69) is 30.9 Å². The van der Waals surface area contributed by atoms with Crippen LogP contribution in [0.3, 0.4) is 0 Å². The standard InChI is InChI=1S/C10H23N3/c1-12(2)7-8-13(3)10-6-4-5-9(10)11/h9-10H,4-8,11H2,1-3H3. The van der Waals surface area contributed by atoms with Gasteiger partial charge in [0.15, 0.2) is 0 Å². The van der Waals surface area contributed by atoms with Crippen molar-refractivity contribution in [3.8, 4) is 0 Å². The summed E-state index contributed by atoms with van der Waals surface area (Å²) in [7, 11) is 6.42. The van der Waals surface area contributed by atoms with Gasteiger partial charge in [-0.2, -0.15) is 0 Å². The monoisotopic (exact) mass is 185 g/mol. The van der Waals surface area contributed by atoms with Gasteiger partial charge in [-0.3, -0.25) is 0 Å². The first-order chi connectivity index (χ1) is 6.11. The van der Waals surface area contributed by atoms with E-state index >= 15 is 0 Å². The van der Waals surface area contributed by atoms with Gasteiger partial charge >= 0.3 is 0 Å². The van der Waals surface area contributed by atoms with Crippen LogP contribution in [0, 0.1) is 0 Å². The number of hydrogen-bond donors (Lipinski definition) is 1. The van der Waals surface area contributed by atoms with Gasteiger partial charge in [-0.15, -0.1) is 0 Å². The van der Waals surface area contributed by atoms with E-state index in [1.54, 1.807) is 0 Å². The molecule has 0 aromatic heterocycles. The molecule has 0 spiro atoms. The molecule has 0 aliphatic heterocycles. The molecule has 2 N–H and O–H groups in total. The van der Waals surface area contributed by atoms with Gasteiger partial charge in [0.2, 0.25) is 0 Å². The third kappa shape index (κ3) is 3.25. The quantitative estimate of drug-likeness (QED) is 0.686. The maximum absolute atomic E-state index is 6.03. The Kier molecular flexibility index (Phi) is 4.16. The van der Waals surface area contributed by atoms with Gasteiger partial charge in [-0.1, -0.05) is 6.42 Å². The maximum Gasteiger partial charge on any atom is 0.0244 e. The lowest BCUT2D eigenvalue weighted by molar-refractivity contribution is 0.206. The molecule has 13 heavy (non-hydrogen) atoms. The molecule has 78 valence electrons. The summed E-state index contributed by atoms with van der Waals surface area (Å²) in [4.78, 5) is 4.63. The number of nitrogens with zero attached hydrogens (tertiary/aromatic N) is 2. The van der Waals surface area contributed by atoms with Crippen molar-refractivity contribution in [1.82, 2.24) is 9.80 Å². The van der Waals surface area contributed by atoms with E-state index in [-0.39, 0.29) is 0 Å². The van der Waals surface area contributed by atoms with Crippen molar-refractivity contribution in [2.45, 2.75) is 31.3 Å². The molecule has 1 fully saturated rings. The molecule has 0 aromatic rings. The molecule has 1 aliphatic carbocycles. The first kappa shape index (κ1) is 11.0. The zero-order chi connectivity index (χ0) is 9.84. The van der Waals surface area contributed by atoms with E-state index in [4.69, 9.17) is 5.73 Å². The Morgan fingerprint density at radius 1 is 1.15 bits per heavy atom. The fraction of sp³-hybridized carbons (Fsp3) is 1.00. The van der Waals surface area contributed by atoms with Crippen molar-refractivity contribution >= 4 is 0 Å².